The van der Waals surface area contributed by atoms with E-state index in [9.17, 15) is 0 Å². The molecular formula is C11H27N. The Hall–Kier alpha value is -0.0400. The zero-order chi connectivity index (χ0) is 10.1. The first kappa shape index (κ1) is 14.5. The fourth-order valence-electron chi connectivity index (χ4n) is 1.32. The van der Waals surface area contributed by atoms with Crippen molar-refractivity contribution in [1.29, 1.82) is 0 Å². The van der Waals surface area contributed by atoms with Gasteiger partial charge in [-0.2, -0.15) is 0 Å². The van der Waals surface area contributed by atoms with Gasteiger partial charge in [-0.3, -0.25) is 0 Å². The quantitative estimate of drug-likeness (QED) is 0.541. The summed E-state index contributed by atoms with van der Waals surface area (Å²) in [4.78, 5) is 2.44. The molecule has 1 saturated heterocycles. The van der Waals surface area contributed by atoms with Crippen molar-refractivity contribution >= 4 is 0 Å². The van der Waals surface area contributed by atoms with Gasteiger partial charge >= 0.3 is 0 Å². The number of hydrogen-bond donors (Lipinski definition) is 0. The van der Waals surface area contributed by atoms with Gasteiger partial charge in [0.1, 0.15) is 0 Å². The molecule has 1 nitrogen and oxygen atoms in total. The number of hydrogen-bond acceptors (Lipinski definition) is 1. The molecule has 0 spiro atoms. The third-order valence-electron chi connectivity index (χ3n) is 2.39. The van der Waals surface area contributed by atoms with Crippen LogP contribution in [0.5, 0.6) is 0 Å². The lowest BCUT2D eigenvalue weighted by atomic mass is 10.2. The molecule has 12 heavy (non-hydrogen) atoms. The van der Waals surface area contributed by atoms with Crippen LogP contribution in [0.2, 0.25) is 0 Å². The molecule has 1 heteroatoms. The number of nitrogens with zero attached hydrogens (tertiary/aromatic N) is 1. The first-order chi connectivity index (χ1) is 5.72. The van der Waals surface area contributed by atoms with Gasteiger partial charge in [0.05, 0.1) is 0 Å². The van der Waals surface area contributed by atoms with E-state index in [-0.39, 0.29) is 0 Å². The van der Waals surface area contributed by atoms with Crippen LogP contribution in [-0.2, 0) is 0 Å². The second-order valence-electron chi connectivity index (χ2n) is 2.94. The topological polar surface area (TPSA) is 3.24 Å². The molecule has 1 aliphatic heterocycles. The predicted molar refractivity (Wildman–Crippen MR) is 58.6 cm³/mol. The maximum atomic E-state index is 2.44. The number of rotatable bonds is 0. The Labute approximate surface area is 79.2 Å². The van der Waals surface area contributed by atoms with Crippen molar-refractivity contribution in [2.75, 3.05) is 7.05 Å². The van der Waals surface area contributed by atoms with Crippen LogP contribution in [0.15, 0.2) is 0 Å². The Bertz CT molecular complexity index is 71.1. The lowest BCUT2D eigenvalue weighted by Gasteiger charge is -2.18. The highest BCUT2D eigenvalue weighted by Gasteiger charge is 2.22. The lowest BCUT2D eigenvalue weighted by Crippen LogP contribution is -2.27. The summed E-state index contributed by atoms with van der Waals surface area (Å²) in [5.41, 5.74) is 0. The molecule has 0 aromatic carbocycles. The standard InChI is InChI=1S/C7H15N.2C2H6/c1-6-4-5-7(2)8(6)3;2*1-2/h6-7H,4-5H2,1-3H3;2*1-2H3/t6-,7?;;/m1../s1. The van der Waals surface area contributed by atoms with Crippen molar-refractivity contribution in [2.24, 2.45) is 0 Å². The highest BCUT2D eigenvalue weighted by atomic mass is 15.2. The lowest BCUT2D eigenvalue weighted by molar-refractivity contribution is 0.267. The van der Waals surface area contributed by atoms with Crippen LogP contribution in [0.3, 0.4) is 0 Å². The Balaban J connectivity index is 0. The normalized spacial score (nSPS) is 28.2. The molecule has 0 aliphatic carbocycles. The van der Waals surface area contributed by atoms with Gasteiger partial charge in [0, 0.05) is 12.1 Å². The van der Waals surface area contributed by atoms with Crippen molar-refractivity contribution in [2.45, 2.75) is 66.5 Å². The molecule has 0 aromatic heterocycles. The Morgan fingerprint density at radius 3 is 1.17 bits per heavy atom. The minimum Gasteiger partial charge on any atom is -0.301 e. The molecule has 0 saturated carbocycles. The smallest absolute Gasteiger partial charge is 0.00672 e. The maximum Gasteiger partial charge on any atom is 0.00672 e. The van der Waals surface area contributed by atoms with Crippen molar-refractivity contribution in [3.8, 4) is 0 Å². The zero-order valence-corrected chi connectivity index (χ0v) is 10.0. The SMILES string of the molecule is CC.CC.CC1CC[C@@H](C)N1C. The van der Waals surface area contributed by atoms with Crippen molar-refractivity contribution < 1.29 is 0 Å². The van der Waals surface area contributed by atoms with E-state index in [0.717, 1.165) is 12.1 Å². The third kappa shape index (κ3) is 4.76. The molecule has 1 unspecified atom stereocenters. The fourth-order valence-corrected chi connectivity index (χ4v) is 1.32. The predicted octanol–water partition coefficient (Wildman–Crippen LogP) is 3.54. The Morgan fingerprint density at radius 1 is 0.833 bits per heavy atom. The molecule has 1 fully saturated rings. The Morgan fingerprint density at radius 2 is 1.08 bits per heavy atom. The average Bonchev–Trinajstić information content (AvgIpc) is 2.43. The summed E-state index contributed by atoms with van der Waals surface area (Å²) in [6, 6.07) is 1.65. The monoisotopic (exact) mass is 173 g/mol. The van der Waals surface area contributed by atoms with Crippen LogP contribution >= 0.6 is 0 Å². The van der Waals surface area contributed by atoms with Gasteiger partial charge in [-0.1, -0.05) is 27.7 Å². The van der Waals surface area contributed by atoms with Crippen LogP contribution in [0.25, 0.3) is 0 Å². The third-order valence-corrected chi connectivity index (χ3v) is 2.39. The molecule has 0 radical (unpaired) electrons. The fraction of sp³-hybridized carbons (Fsp3) is 1.00. The van der Waals surface area contributed by atoms with Crippen LogP contribution < -0.4 is 0 Å². The summed E-state index contributed by atoms with van der Waals surface area (Å²) in [5.74, 6) is 0. The summed E-state index contributed by atoms with van der Waals surface area (Å²) < 4.78 is 0. The highest BCUT2D eigenvalue weighted by molar-refractivity contribution is 4.78. The van der Waals surface area contributed by atoms with E-state index in [1.807, 2.05) is 27.7 Å². The van der Waals surface area contributed by atoms with E-state index in [2.05, 4.69) is 25.8 Å². The molecule has 0 N–H and O–H groups in total. The summed E-state index contributed by atoms with van der Waals surface area (Å²) in [6.07, 6.45) is 2.77. The van der Waals surface area contributed by atoms with Gasteiger partial charge in [0.25, 0.3) is 0 Å². The van der Waals surface area contributed by atoms with Crippen LogP contribution in [0.4, 0.5) is 0 Å². The summed E-state index contributed by atoms with van der Waals surface area (Å²) >= 11 is 0. The minimum absolute atomic E-state index is 0.824. The van der Waals surface area contributed by atoms with E-state index in [1.165, 1.54) is 12.8 Å². The van der Waals surface area contributed by atoms with Gasteiger partial charge < -0.3 is 4.90 Å². The molecule has 76 valence electrons. The molecule has 1 aliphatic rings. The molecule has 0 amide bonds. The average molecular weight is 173 g/mol. The van der Waals surface area contributed by atoms with E-state index in [0.29, 0.717) is 0 Å². The second kappa shape index (κ2) is 9.05. The first-order valence-electron chi connectivity index (χ1n) is 5.43. The summed E-state index contributed by atoms with van der Waals surface area (Å²) in [6.45, 7) is 12.6. The van der Waals surface area contributed by atoms with Crippen molar-refractivity contribution in [1.82, 2.24) is 4.90 Å². The van der Waals surface area contributed by atoms with Crippen LogP contribution in [0, 0.1) is 0 Å². The van der Waals surface area contributed by atoms with E-state index in [1.54, 1.807) is 0 Å². The molecule has 1 heterocycles. The van der Waals surface area contributed by atoms with Crippen LogP contribution in [0.1, 0.15) is 54.4 Å². The van der Waals surface area contributed by atoms with E-state index < -0.39 is 0 Å². The molecule has 0 aromatic rings. The minimum atomic E-state index is 0.824. The number of likely N-dealkylation sites (tertiary alicyclic amines) is 1. The molecule has 0 bridgehead atoms. The summed E-state index contributed by atoms with van der Waals surface area (Å²) in [5, 5.41) is 0. The molecular weight excluding hydrogens is 146 g/mol. The zero-order valence-electron chi connectivity index (χ0n) is 10.0. The van der Waals surface area contributed by atoms with Gasteiger partial charge in [-0.25, -0.2) is 0 Å². The van der Waals surface area contributed by atoms with Crippen LogP contribution in [-0.4, -0.2) is 24.0 Å². The molecule has 2 atom stereocenters. The van der Waals surface area contributed by atoms with Crippen molar-refractivity contribution in [3.63, 3.8) is 0 Å². The second-order valence-corrected chi connectivity index (χ2v) is 2.94. The van der Waals surface area contributed by atoms with Gasteiger partial charge in [-0.15, -0.1) is 0 Å². The maximum absolute atomic E-state index is 2.44. The van der Waals surface area contributed by atoms with Gasteiger partial charge in [-0.05, 0) is 33.7 Å². The summed E-state index contributed by atoms with van der Waals surface area (Å²) in [7, 11) is 2.21. The van der Waals surface area contributed by atoms with Gasteiger partial charge in [0.15, 0.2) is 0 Å². The van der Waals surface area contributed by atoms with E-state index >= 15 is 0 Å². The Kier molecular flexibility index (Phi) is 10.9. The largest absolute Gasteiger partial charge is 0.301 e. The van der Waals surface area contributed by atoms with Gasteiger partial charge in [0.2, 0.25) is 0 Å². The highest BCUT2D eigenvalue weighted by Crippen LogP contribution is 2.20. The molecule has 1 rings (SSSR count). The van der Waals surface area contributed by atoms with E-state index in [4.69, 9.17) is 0 Å². The van der Waals surface area contributed by atoms with Crippen molar-refractivity contribution in [3.05, 3.63) is 0 Å². The first-order valence-corrected chi connectivity index (χ1v) is 5.43.